The molecule has 0 spiro atoms. The van der Waals surface area contributed by atoms with E-state index in [1.54, 1.807) is 19.9 Å². The van der Waals surface area contributed by atoms with Crippen LogP contribution in [0.1, 0.15) is 25.8 Å². The van der Waals surface area contributed by atoms with E-state index in [1.807, 2.05) is 36.4 Å². The van der Waals surface area contributed by atoms with Crippen LogP contribution in [0.4, 0.5) is 0 Å². The lowest BCUT2D eigenvalue weighted by Crippen LogP contribution is -2.08. The summed E-state index contributed by atoms with van der Waals surface area (Å²) in [4.78, 5) is 23.1. The van der Waals surface area contributed by atoms with Crippen LogP contribution in [0.2, 0.25) is 0 Å². The largest absolute Gasteiger partial charge is 0.462 e. The Balaban J connectivity index is 2.02. The molecular formula is C23H24O4. The summed E-state index contributed by atoms with van der Waals surface area (Å²) in [5.74, 6) is -0.312. The van der Waals surface area contributed by atoms with Gasteiger partial charge in [-0.15, -0.1) is 0 Å². The van der Waals surface area contributed by atoms with E-state index in [-0.39, 0.29) is 5.97 Å². The van der Waals surface area contributed by atoms with Gasteiger partial charge >= 0.3 is 11.9 Å². The van der Waals surface area contributed by atoms with Gasteiger partial charge in [0.2, 0.25) is 0 Å². The number of carbonyl (C=O) groups is 2. The van der Waals surface area contributed by atoms with Gasteiger partial charge in [0.15, 0.2) is 0 Å². The van der Waals surface area contributed by atoms with Crippen LogP contribution in [-0.4, -0.2) is 18.5 Å². The summed E-state index contributed by atoms with van der Waals surface area (Å²) in [6.45, 7) is 10.8. The average molecular weight is 364 g/mol. The highest BCUT2D eigenvalue weighted by atomic mass is 16.5. The van der Waals surface area contributed by atoms with Crippen molar-refractivity contribution in [2.45, 2.75) is 26.7 Å². The SMILES string of the molecule is C=C(C)C(=O)OCCCc1cccc(-c2cccc(OC(=O)C(=C)C)c2)c1. The fourth-order valence-corrected chi connectivity index (χ4v) is 2.40. The van der Waals surface area contributed by atoms with Gasteiger partial charge in [-0.3, -0.25) is 0 Å². The number of hydrogen-bond donors (Lipinski definition) is 0. The molecule has 2 aromatic carbocycles. The third-order valence-electron chi connectivity index (χ3n) is 3.84. The Morgan fingerprint density at radius 1 is 0.889 bits per heavy atom. The van der Waals surface area contributed by atoms with E-state index < -0.39 is 5.97 Å². The molecule has 2 rings (SSSR count). The highest BCUT2D eigenvalue weighted by molar-refractivity contribution is 5.89. The molecule has 0 aromatic heterocycles. The number of benzene rings is 2. The Morgan fingerprint density at radius 2 is 1.52 bits per heavy atom. The topological polar surface area (TPSA) is 52.6 Å². The summed E-state index contributed by atoms with van der Waals surface area (Å²) in [7, 11) is 0. The molecule has 0 aliphatic heterocycles. The minimum Gasteiger partial charge on any atom is -0.462 e. The van der Waals surface area contributed by atoms with E-state index in [2.05, 4.69) is 19.2 Å². The van der Waals surface area contributed by atoms with Gasteiger partial charge in [0.25, 0.3) is 0 Å². The predicted molar refractivity (Wildman–Crippen MR) is 106 cm³/mol. The van der Waals surface area contributed by atoms with Crippen LogP contribution in [0, 0.1) is 0 Å². The van der Waals surface area contributed by atoms with Crippen LogP contribution in [0.3, 0.4) is 0 Å². The normalized spacial score (nSPS) is 10.1. The summed E-state index contributed by atoms with van der Waals surface area (Å²) >= 11 is 0. The molecule has 0 fully saturated rings. The second-order valence-electron chi connectivity index (χ2n) is 6.42. The van der Waals surface area contributed by atoms with Gasteiger partial charge in [-0.05, 0) is 55.5 Å². The first-order valence-corrected chi connectivity index (χ1v) is 8.76. The number of ether oxygens (including phenoxy) is 2. The molecule has 4 heteroatoms. The average Bonchev–Trinajstić information content (AvgIpc) is 2.65. The molecule has 0 bridgehead atoms. The molecule has 0 radical (unpaired) electrons. The third-order valence-corrected chi connectivity index (χ3v) is 3.84. The monoisotopic (exact) mass is 364 g/mol. The van der Waals surface area contributed by atoms with Crippen molar-refractivity contribution < 1.29 is 19.1 Å². The van der Waals surface area contributed by atoms with Gasteiger partial charge in [-0.25, -0.2) is 9.59 Å². The van der Waals surface area contributed by atoms with Crippen molar-refractivity contribution in [1.29, 1.82) is 0 Å². The maximum atomic E-state index is 11.7. The van der Waals surface area contributed by atoms with E-state index in [4.69, 9.17) is 9.47 Å². The van der Waals surface area contributed by atoms with E-state index in [0.717, 1.165) is 29.5 Å². The first-order valence-electron chi connectivity index (χ1n) is 8.76. The lowest BCUT2D eigenvalue weighted by atomic mass is 10.0. The van der Waals surface area contributed by atoms with Gasteiger partial charge in [0.1, 0.15) is 5.75 Å². The van der Waals surface area contributed by atoms with Crippen molar-refractivity contribution in [3.05, 3.63) is 78.4 Å². The number of aryl methyl sites for hydroxylation is 1. The van der Waals surface area contributed by atoms with Crippen LogP contribution in [0.5, 0.6) is 5.75 Å². The van der Waals surface area contributed by atoms with Gasteiger partial charge in [-0.2, -0.15) is 0 Å². The summed E-state index contributed by atoms with van der Waals surface area (Å²) in [6.07, 6.45) is 1.53. The summed E-state index contributed by atoms with van der Waals surface area (Å²) in [5, 5.41) is 0. The number of carbonyl (C=O) groups excluding carboxylic acids is 2. The van der Waals surface area contributed by atoms with Crippen molar-refractivity contribution in [3.8, 4) is 16.9 Å². The van der Waals surface area contributed by atoms with Gasteiger partial charge in [-0.1, -0.05) is 49.6 Å². The molecule has 0 unspecified atom stereocenters. The molecule has 0 N–H and O–H groups in total. The minimum absolute atomic E-state index is 0.356. The third kappa shape index (κ3) is 6.26. The smallest absolute Gasteiger partial charge is 0.338 e. The molecule has 2 aromatic rings. The Hall–Kier alpha value is -3.14. The van der Waals surface area contributed by atoms with Gasteiger partial charge in [0, 0.05) is 11.1 Å². The molecule has 140 valence electrons. The highest BCUT2D eigenvalue weighted by Crippen LogP contribution is 2.25. The Morgan fingerprint density at radius 3 is 2.19 bits per heavy atom. The van der Waals surface area contributed by atoms with Gasteiger partial charge < -0.3 is 9.47 Å². The first kappa shape index (κ1) is 20.2. The quantitative estimate of drug-likeness (QED) is 0.290. The molecule has 27 heavy (non-hydrogen) atoms. The Bertz CT molecular complexity index is 864. The van der Waals surface area contributed by atoms with Crippen LogP contribution in [0.25, 0.3) is 11.1 Å². The second-order valence-corrected chi connectivity index (χ2v) is 6.42. The van der Waals surface area contributed by atoms with E-state index in [0.29, 0.717) is 23.5 Å². The molecule has 4 nitrogen and oxygen atoms in total. The zero-order valence-electron chi connectivity index (χ0n) is 15.8. The van der Waals surface area contributed by atoms with Crippen molar-refractivity contribution in [1.82, 2.24) is 0 Å². The highest BCUT2D eigenvalue weighted by Gasteiger charge is 2.07. The lowest BCUT2D eigenvalue weighted by molar-refractivity contribution is -0.139. The molecule has 0 atom stereocenters. The van der Waals surface area contributed by atoms with E-state index in [1.165, 1.54) is 0 Å². The summed E-state index contributed by atoms with van der Waals surface area (Å²) in [5.41, 5.74) is 3.89. The first-order chi connectivity index (χ1) is 12.9. The maximum absolute atomic E-state index is 11.7. The zero-order valence-corrected chi connectivity index (χ0v) is 15.8. The molecule has 0 heterocycles. The molecule has 0 amide bonds. The van der Waals surface area contributed by atoms with Crippen molar-refractivity contribution in [3.63, 3.8) is 0 Å². The number of esters is 2. The molecule has 0 saturated heterocycles. The summed E-state index contributed by atoms with van der Waals surface area (Å²) in [6, 6.07) is 15.5. The minimum atomic E-state index is -0.440. The van der Waals surface area contributed by atoms with Crippen molar-refractivity contribution >= 4 is 11.9 Å². The predicted octanol–water partition coefficient (Wildman–Crippen LogP) is 4.89. The Labute approximate surface area is 160 Å². The lowest BCUT2D eigenvalue weighted by Gasteiger charge is -2.09. The zero-order chi connectivity index (χ0) is 19.8. The van der Waals surface area contributed by atoms with Crippen molar-refractivity contribution in [2.24, 2.45) is 0 Å². The van der Waals surface area contributed by atoms with Crippen LogP contribution < -0.4 is 4.74 Å². The number of rotatable bonds is 8. The van der Waals surface area contributed by atoms with E-state index >= 15 is 0 Å². The van der Waals surface area contributed by atoms with Crippen LogP contribution in [0.15, 0.2) is 72.8 Å². The second kappa shape index (κ2) is 9.53. The molecule has 0 aliphatic rings. The standard InChI is InChI=1S/C23H24O4/c1-16(2)22(24)26-13-7-9-18-8-5-10-19(14-18)20-11-6-12-21(15-20)27-23(25)17(3)4/h5-6,8,10-12,14-15H,1,3,7,9,13H2,2,4H3. The molecule has 0 aliphatic carbocycles. The number of hydrogen-bond acceptors (Lipinski definition) is 4. The molecular weight excluding hydrogens is 340 g/mol. The van der Waals surface area contributed by atoms with Crippen LogP contribution in [-0.2, 0) is 20.7 Å². The van der Waals surface area contributed by atoms with Crippen molar-refractivity contribution in [2.75, 3.05) is 6.61 Å². The molecule has 0 saturated carbocycles. The van der Waals surface area contributed by atoms with Gasteiger partial charge in [0.05, 0.1) is 6.61 Å². The fraction of sp³-hybridized carbons (Fsp3) is 0.217. The fourth-order valence-electron chi connectivity index (χ4n) is 2.40. The maximum Gasteiger partial charge on any atom is 0.338 e. The Kier molecular flexibility index (Phi) is 7.12. The van der Waals surface area contributed by atoms with E-state index in [9.17, 15) is 9.59 Å². The summed E-state index contributed by atoms with van der Waals surface area (Å²) < 4.78 is 10.4. The van der Waals surface area contributed by atoms with Crippen LogP contribution >= 0.6 is 0 Å².